The summed E-state index contributed by atoms with van der Waals surface area (Å²) in [6.45, 7) is 4.03. The van der Waals surface area contributed by atoms with E-state index < -0.39 is 0 Å². The van der Waals surface area contributed by atoms with Gasteiger partial charge in [0, 0.05) is 22.7 Å². The monoisotopic (exact) mass is 443 g/mol. The summed E-state index contributed by atoms with van der Waals surface area (Å²) in [7, 11) is 0. The standard InChI is InChI=1S/C28H33N3O2/c1-2-3-7-21-12-14-24(15-13-21)29-28(33)23-16-18-31(19-17-23)20-27(32)30-26-11-6-9-22-8-4-5-10-25(22)26/h4-6,8-15,23H,2-3,7,16-20H2,1H3,(H,29,33)(H,30,32). The van der Waals surface area contributed by atoms with Crippen molar-refractivity contribution < 1.29 is 9.59 Å². The maximum absolute atomic E-state index is 12.7. The SMILES string of the molecule is CCCCc1ccc(NC(=O)C2CCN(CC(=O)Nc3cccc4ccccc34)CC2)cc1. The van der Waals surface area contributed by atoms with Crippen molar-refractivity contribution in [2.24, 2.45) is 5.92 Å². The highest BCUT2D eigenvalue weighted by Crippen LogP contribution is 2.24. The van der Waals surface area contributed by atoms with Gasteiger partial charge in [-0.1, -0.05) is 61.9 Å². The van der Waals surface area contributed by atoms with Gasteiger partial charge in [-0.2, -0.15) is 0 Å². The summed E-state index contributed by atoms with van der Waals surface area (Å²) in [5.41, 5.74) is 3.01. The lowest BCUT2D eigenvalue weighted by atomic mass is 9.95. The Bertz CT molecular complexity index is 1080. The number of hydrogen-bond acceptors (Lipinski definition) is 3. The van der Waals surface area contributed by atoms with Gasteiger partial charge in [0.1, 0.15) is 0 Å². The predicted molar refractivity (Wildman–Crippen MR) is 135 cm³/mol. The number of nitrogens with one attached hydrogen (secondary N) is 2. The Hall–Kier alpha value is -3.18. The van der Waals surface area contributed by atoms with Crippen LogP contribution in [0.4, 0.5) is 11.4 Å². The molecule has 2 amide bonds. The van der Waals surface area contributed by atoms with E-state index >= 15 is 0 Å². The van der Waals surface area contributed by atoms with Gasteiger partial charge in [-0.15, -0.1) is 0 Å². The fraction of sp³-hybridized carbons (Fsp3) is 0.357. The normalized spacial score (nSPS) is 14.8. The van der Waals surface area contributed by atoms with Gasteiger partial charge >= 0.3 is 0 Å². The summed E-state index contributed by atoms with van der Waals surface area (Å²) >= 11 is 0. The van der Waals surface area contributed by atoms with E-state index in [1.54, 1.807) is 0 Å². The number of likely N-dealkylation sites (tertiary alicyclic amines) is 1. The molecule has 1 aliphatic rings. The Morgan fingerprint density at radius 3 is 2.39 bits per heavy atom. The van der Waals surface area contributed by atoms with E-state index in [0.29, 0.717) is 6.54 Å². The quantitative estimate of drug-likeness (QED) is 0.485. The van der Waals surface area contributed by atoms with E-state index in [9.17, 15) is 9.59 Å². The molecule has 0 aromatic heterocycles. The van der Waals surface area contributed by atoms with Crippen molar-refractivity contribution in [1.82, 2.24) is 4.90 Å². The molecule has 0 saturated carbocycles. The number of carbonyl (C=O) groups is 2. The van der Waals surface area contributed by atoms with Crippen LogP contribution < -0.4 is 10.6 Å². The van der Waals surface area contributed by atoms with Crippen LogP contribution in [0.2, 0.25) is 0 Å². The minimum absolute atomic E-state index is 0.0119. The molecule has 0 spiro atoms. The first-order chi connectivity index (χ1) is 16.1. The van der Waals surface area contributed by atoms with Gasteiger partial charge in [0.05, 0.1) is 6.54 Å². The van der Waals surface area contributed by atoms with Crippen LogP contribution >= 0.6 is 0 Å². The maximum Gasteiger partial charge on any atom is 0.238 e. The predicted octanol–water partition coefficient (Wildman–Crippen LogP) is 5.47. The van der Waals surface area contributed by atoms with E-state index in [0.717, 1.165) is 54.5 Å². The van der Waals surface area contributed by atoms with Gasteiger partial charge in [-0.05, 0) is 67.9 Å². The van der Waals surface area contributed by atoms with Crippen molar-refractivity contribution in [1.29, 1.82) is 0 Å². The van der Waals surface area contributed by atoms with Crippen LogP contribution in [-0.2, 0) is 16.0 Å². The molecule has 1 heterocycles. The molecule has 0 aliphatic carbocycles. The van der Waals surface area contributed by atoms with Crippen molar-refractivity contribution >= 4 is 34.0 Å². The number of fused-ring (bicyclic) bond motifs is 1. The first-order valence-electron chi connectivity index (χ1n) is 12.0. The lowest BCUT2D eigenvalue weighted by Gasteiger charge is -2.30. The first kappa shape index (κ1) is 23.0. The highest BCUT2D eigenvalue weighted by molar-refractivity contribution is 6.02. The molecule has 0 unspecified atom stereocenters. The number of aryl methyl sites for hydroxylation is 1. The second-order valence-electron chi connectivity index (χ2n) is 8.92. The zero-order valence-electron chi connectivity index (χ0n) is 19.3. The topological polar surface area (TPSA) is 61.4 Å². The van der Waals surface area contributed by atoms with Crippen LogP contribution in [0.1, 0.15) is 38.2 Å². The second kappa shape index (κ2) is 11.1. The fourth-order valence-corrected chi connectivity index (χ4v) is 4.46. The maximum atomic E-state index is 12.7. The molecule has 1 saturated heterocycles. The van der Waals surface area contributed by atoms with Crippen LogP contribution in [0.25, 0.3) is 10.8 Å². The smallest absolute Gasteiger partial charge is 0.238 e. The second-order valence-corrected chi connectivity index (χ2v) is 8.92. The molecule has 33 heavy (non-hydrogen) atoms. The lowest BCUT2D eigenvalue weighted by molar-refractivity contribution is -0.121. The molecule has 1 aliphatic heterocycles. The number of unbranched alkanes of at least 4 members (excludes halogenated alkanes) is 1. The molecule has 1 fully saturated rings. The van der Waals surface area contributed by atoms with Gasteiger partial charge in [0.25, 0.3) is 0 Å². The van der Waals surface area contributed by atoms with E-state index in [1.807, 2.05) is 54.6 Å². The third-order valence-corrected chi connectivity index (χ3v) is 6.43. The zero-order chi connectivity index (χ0) is 23.0. The molecule has 3 aromatic carbocycles. The third kappa shape index (κ3) is 6.20. The van der Waals surface area contributed by atoms with Crippen LogP contribution in [0.15, 0.2) is 66.7 Å². The molecule has 5 heteroatoms. The Morgan fingerprint density at radius 1 is 0.909 bits per heavy atom. The van der Waals surface area contributed by atoms with Crippen molar-refractivity contribution in [2.45, 2.75) is 39.0 Å². The van der Waals surface area contributed by atoms with Gasteiger partial charge in [-0.3, -0.25) is 14.5 Å². The molecule has 3 aromatic rings. The number of piperidine rings is 1. The highest BCUT2D eigenvalue weighted by atomic mass is 16.2. The first-order valence-corrected chi connectivity index (χ1v) is 12.0. The Kier molecular flexibility index (Phi) is 7.74. The van der Waals surface area contributed by atoms with E-state index in [2.05, 4.69) is 34.6 Å². The van der Waals surface area contributed by atoms with Crippen LogP contribution in [0, 0.1) is 5.92 Å². The number of amides is 2. The molecule has 0 radical (unpaired) electrons. The van der Waals surface area contributed by atoms with Gasteiger partial charge in [0.2, 0.25) is 11.8 Å². The van der Waals surface area contributed by atoms with Crippen molar-refractivity contribution in [3.05, 3.63) is 72.3 Å². The van der Waals surface area contributed by atoms with Crippen molar-refractivity contribution in [3.8, 4) is 0 Å². The van der Waals surface area contributed by atoms with E-state index in [1.165, 1.54) is 18.4 Å². The zero-order valence-corrected chi connectivity index (χ0v) is 19.3. The summed E-state index contributed by atoms with van der Waals surface area (Å²) in [6.07, 6.45) is 4.98. The summed E-state index contributed by atoms with van der Waals surface area (Å²) in [4.78, 5) is 27.5. The van der Waals surface area contributed by atoms with Gasteiger partial charge in [-0.25, -0.2) is 0 Å². The van der Waals surface area contributed by atoms with Gasteiger partial charge < -0.3 is 10.6 Å². The van der Waals surface area contributed by atoms with Crippen molar-refractivity contribution in [2.75, 3.05) is 30.3 Å². The minimum atomic E-state index is -0.0163. The molecule has 2 N–H and O–H groups in total. The van der Waals surface area contributed by atoms with E-state index in [4.69, 9.17) is 0 Å². The summed E-state index contributed by atoms with van der Waals surface area (Å²) in [5.74, 6) is 0.0516. The fourth-order valence-electron chi connectivity index (χ4n) is 4.46. The summed E-state index contributed by atoms with van der Waals surface area (Å²) < 4.78 is 0. The van der Waals surface area contributed by atoms with Crippen molar-refractivity contribution in [3.63, 3.8) is 0 Å². The van der Waals surface area contributed by atoms with E-state index in [-0.39, 0.29) is 17.7 Å². The number of benzene rings is 3. The molecule has 0 bridgehead atoms. The van der Waals surface area contributed by atoms with Gasteiger partial charge in [0.15, 0.2) is 0 Å². The number of rotatable bonds is 8. The third-order valence-electron chi connectivity index (χ3n) is 6.43. The number of hydrogen-bond donors (Lipinski definition) is 2. The highest BCUT2D eigenvalue weighted by Gasteiger charge is 2.26. The summed E-state index contributed by atoms with van der Waals surface area (Å²) in [6, 6.07) is 22.2. The summed E-state index contributed by atoms with van der Waals surface area (Å²) in [5, 5.41) is 8.27. The largest absolute Gasteiger partial charge is 0.326 e. The molecule has 5 nitrogen and oxygen atoms in total. The number of carbonyl (C=O) groups excluding carboxylic acids is 2. The molecule has 172 valence electrons. The van der Waals surface area contributed by atoms with Crippen LogP contribution in [0.5, 0.6) is 0 Å². The Morgan fingerprint density at radius 2 is 1.64 bits per heavy atom. The Balaban J connectivity index is 1.23. The molecule has 4 rings (SSSR count). The minimum Gasteiger partial charge on any atom is -0.326 e. The average molecular weight is 444 g/mol. The lowest BCUT2D eigenvalue weighted by Crippen LogP contribution is -2.41. The average Bonchev–Trinajstić information content (AvgIpc) is 2.84. The molecular formula is C28H33N3O2. The Labute approximate surface area is 196 Å². The molecule has 0 atom stereocenters. The van der Waals surface area contributed by atoms with Crippen LogP contribution in [-0.4, -0.2) is 36.3 Å². The molecular weight excluding hydrogens is 410 g/mol. The number of nitrogens with zero attached hydrogens (tertiary/aromatic N) is 1. The number of anilines is 2. The van der Waals surface area contributed by atoms with Crippen LogP contribution in [0.3, 0.4) is 0 Å².